The maximum absolute atomic E-state index is 13.7. The highest BCUT2D eigenvalue weighted by Gasteiger charge is 2.32. The molecule has 0 aliphatic rings. The summed E-state index contributed by atoms with van der Waals surface area (Å²) in [5, 5.41) is 35.2. The fraction of sp³-hybridized carbons (Fsp3) is 0.692. The number of ether oxygens (including phenoxy) is 2. The first-order valence-corrected chi connectivity index (χ1v) is 18.8. The smallest absolute Gasteiger partial charge is 0.408 e. The third kappa shape index (κ3) is 19.2. The summed E-state index contributed by atoms with van der Waals surface area (Å²) in [6, 6.07) is 4.30. The number of hydrogen-bond donors (Lipinski definition) is 7. The van der Waals surface area contributed by atoms with Gasteiger partial charge in [-0.1, -0.05) is 71.4 Å². The van der Waals surface area contributed by atoms with E-state index in [4.69, 9.17) is 4.74 Å². The molecule has 15 heteroatoms. The number of aliphatic hydroxyl groups is 2. The molecule has 0 aliphatic carbocycles. The molecule has 0 fully saturated rings. The monoisotopic (exact) mass is 763 g/mol. The second-order valence-electron chi connectivity index (χ2n) is 15.6. The van der Waals surface area contributed by atoms with Crippen molar-refractivity contribution in [2.45, 2.75) is 155 Å². The van der Waals surface area contributed by atoms with Crippen LogP contribution in [0, 0.1) is 11.8 Å². The first-order valence-electron chi connectivity index (χ1n) is 18.8. The van der Waals surface area contributed by atoms with E-state index in [2.05, 4.69) is 31.3 Å². The lowest BCUT2D eigenvalue weighted by molar-refractivity contribution is -0.144. The van der Waals surface area contributed by atoms with E-state index in [0.717, 1.165) is 5.56 Å². The Kier molecular flexibility index (Phi) is 20.8. The molecule has 15 nitrogen and oxygen atoms in total. The summed E-state index contributed by atoms with van der Waals surface area (Å²) in [6.45, 7) is 16.0. The van der Waals surface area contributed by atoms with E-state index >= 15 is 0 Å². The summed E-state index contributed by atoms with van der Waals surface area (Å²) < 4.78 is 10.0. The van der Waals surface area contributed by atoms with Crippen molar-refractivity contribution in [1.29, 1.82) is 0 Å². The number of methoxy groups -OCH3 is 1. The van der Waals surface area contributed by atoms with Crippen molar-refractivity contribution in [2.75, 3.05) is 7.11 Å². The molecule has 0 saturated heterocycles. The predicted molar refractivity (Wildman–Crippen MR) is 204 cm³/mol. The van der Waals surface area contributed by atoms with E-state index in [1.54, 1.807) is 20.8 Å². The highest BCUT2D eigenvalue weighted by Crippen LogP contribution is 2.15. The zero-order chi connectivity index (χ0) is 41.2. The predicted octanol–water partition coefficient (Wildman–Crippen LogP) is 2.65. The molecular formula is C39H65N5O10. The molecule has 54 heavy (non-hydrogen) atoms. The van der Waals surface area contributed by atoms with E-state index in [1.807, 2.05) is 65.0 Å². The Morgan fingerprint density at radius 3 is 1.72 bits per heavy atom. The normalized spacial score (nSPS) is 15.4. The summed E-state index contributed by atoms with van der Waals surface area (Å²) in [5.74, 6) is -2.97. The van der Waals surface area contributed by atoms with Gasteiger partial charge >= 0.3 is 12.1 Å². The van der Waals surface area contributed by atoms with Crippen LogP contribution in [0.1, 0.15) is 106 Å². The number of rotatable bonds is 22. The number of carbonyl (C=O) groups excluding carboxylic acids is 6. The van der Waals surface area contributed by atoms with Crippen LogP contribution in [0.4, 0.5) is 4.79 Å². The Morgan fingerprint density at radius 1 is 0.704 bits per heavy atom. The zero-order valence-corrected chi connectivity index (χ0v) is 33.7. The second-order valence-corrected chi connectivity index (χ2v) is 15.6. The fourth-order valence-electron chi connectivity index (χ4n) is 5.66. The average Bonchev–Trinajstić information content (AvgIpc) is 3.05. The highest BCUT2D eigenvalue weighted by atomic mass is 16.6. The minimum Gasteiger partial charge on any atom is -0.469 e. The maximum Gasteiger partial charge on any atom is 0.408 e. The van der Waals surface area contributed by atoms with Crippen molar-refractivity contribution in [1.82, 2.24) is 26.6 Å². The van der Waals surface area contributed by atoms with Gasteiger partial charge in [-0.3, -0.25) is 24.0 Å². The standard InChI is InChI=1S/C39H65N5O10/c1-11-15-27(41-37(51)30(20-26-16-13-12-14-17-26)44-38(52)54-39(7,8)9)36(50)43-28(18-23(2)3)31(45)21-33(47)40-25(6)35(49)42-29(19-24(4)5)32(46)22-34(48)53-10/h12-14,16-17,23-25,27-32,45-46H,11,15,18-22H2,1-10H3,(H,40,47)(H,41,51)(H,42,49)(H,43,50)(H,44,52). The van der Waals surface area contributed by atoms with Gasteiger partial charge in [0.2, 0.25) is 23.6 Å². The number of hydrogen-bond acceptors (Lipinski definition) is 10. The lowest BCUT2D eigenvalue weighted by atomic mass is 9.96. The number of alkyl carbamates (subject to hydrolysis) is 1. The minimum absolute atomic E-state index is 0.000446. The molecule has 306 valence electrons. The number of aliphatic hydroxyl groups excluding tert-OH is 2. The average molecular weight is 764 g/mol. The van der Waals surface area contributed by atoms with Crippen LogP contribution in [0.5, 0.6) is 0 Å². The largest absolute Gasteiger partial charge is 0.469 e. The third-order valence-electron chi connectivity index (χ3n) is 8.30. The summed E-state index contributed by atoms with van der Waals surface area (Å²) in [6.07, 6.45) is -2.51. The van der Waals surface area contributed by atoms with Crippen LogP contribution in [0.15, 0.2) is 30.3 Å². The molecule has 0 heterocycles. The molecule has 1 aromatic carbocycles. The van der Waals surface area contributed by atoms with Crippen molar-refractivity contribution >= 4 is 35.7 Å². The van der Waals surface area contributed by atoms with Crippen molar-refractivity contribution in [2.24, 2.45) is 11.8 Å². The highest BCUT2D eigenvalue weighted by molar-refractivity contribution is 5.92. The molecule has 0 saturated carbocycles. The van der Waals surface area contributed by atoms with Gasteiger partial charge in [0, 0.05) is 6.42 Å². The molecule has 7 atom stereocenters. The van der Waals surface area contributed by atoms with Crippen LogP contribution in [-0.4, -0.2) is 101 Å². The molecular weight excluding hydrogens is 698 g/mol. The van der Waals surface area contributed by atoms with Gasteiger partial charge in [-0.15, -0.1) is 0 Å². The van der Waals surface area contributed by atoms with Gasteiger partial charge in [-0.2, -0.15) is 0 Å². The van der Waals surface area contributed by atoms with Crippen molar-refractivity contribution < 1.29 is 48.5 Å². The molecule has 1 aromatic rings. The summed E-state index contributed by atoms with van der Waals surface area (Å²) in [7, 11) is 1.20. The molecule has 7 N–H and O–H groups in total. The maximum atomic E-state index is 13.7. The number of benzene rings is 1. The summed E-state index contributed by atoms with van der Waals surface area (Å²) >= 11 is 0. The van der Waals surface area contributed by atoms with Gasteiger partial charge in [0.25, 0.3) is 0 Å². The second kappa shape index (κ2) is 23.5. The van der Waals surface area contributed by atoms with E-state index < -0.39 is 90.1 Å². The van der Waals surface area contributed by atoms with Crippen molar-refractivity contribution in [3.8, 4) is 0 Å². The SMILES string of the molecule is CCCC(NC(=O)C(Cc1ccccc1)NC(=O)OC(C)(C)C)C(=O)NC(CC(C)C)C(O)CC(=O)NC(C)C(=O)NC(CC(C)C)C(O)CC(=O)OC. The first-order chi connectivity index (χ1) is 25.1. The van der Waals surface area contributed by atoms with Crippen LogP contribution < -0.4 is 26.6 Å². The molecule has 7 unspecified atom stereocenters. The van der Waals surface area contributed by atoms with Crippen molar-refractivity contribution in [3.63, 3.8) is 0 Å². The van der Waals surface area contributed by atoms with Crippen LogP contribution >= 0.6 is 0 Å². The van der Waals surface area contributed by atoms with Gasteiger partial charge in [0.1, 0.15) is 23.7 Å². The molecule has 0 spiro atoms. The van der Waals surface area contributed by atoms with Crippen molar-refractivity contribution in [3.05, 3.63) is 35.9 Å². The molecule has 5 amide bonds. The minimum atomic E-state index is -1.35. The first kappa shape index (κ1) is 47.8. The van der Waals surface area contributed by atoms with E-state index in [1.165, 1.54) is 14.0 Å². The summed E-state index contributed by atoms with van der Waals surface area (Å²) in [4.78, 5) is 77.7. The van der Waals surface area contributed by atoms with Gasteiger partial charge in [0.15, 0.2) is 0 Å². The van der Waals surface area contributed by atoms with Gasteiger partial charge in [-0.05, 0) is 64.4 Å². The number of esters is 1. The van der Waals surface area contributed by atoms with Crippen LogP contribution in [0.2, 0.25) is 0 Å². The Morgan fingerprint density at radius 2 is 1.22 bits per heavy atom. The van der Waals surface area contributed by atoms with Gasteiger partial charge < -0.3 is 46.3 Å². The van der Waals surface area contributed by atoms with Gasteiger partial charge in [-0.25, -0.2) is 4.79 Å². The molecule has 0 bridgehead atoms. The quantitative estimate of drug-likeness (QED) is 0.0856. The van der Waals surface area contributed by atoms with Crippen LogP contribution in [0.25, 0.3) is 0 Å². The van der Waals surface area contributed by atoms with Gasteiger partial charge in [0.05, 0.1) is 44.2 Å². The lowest BCUT2D eigenvalue weighted by Crippen LogP contribution is -2.57. The topological polar surface area (TPSA) is 221 Å². The summed E-state index contributed by atoms with van der Waals surface area (Å²) in [5.41, 5.74) is -0.0230. The number of carbonyl (C=O) groups is 6. The number of amides is 5. The third-order valence-corrected chi connectivity index (χ3v) is 8.30. The molecule has 0 aliphatic heterocycles. The molecule has 1 rings (SSSR count). The number of nitrogens with one attached hydrogen (secondary N) is 5. The lowest BCUT2D eigenvalue weighted by Gasteiger charge is -2.29. The Balaban J connectivity index is 3.04. The Hall–Kier alpha value is -4.24. The van der Waals surface area contributed by atoms with E-state index in [9.17, 15) is 39.0 Å². The Labute approximate surface area is 320 Å². The fourth-order valence-corrected chi connectivity index (χ4v) is 5.66. The molecule has 0 aromatic heterocycles. The van der Waals surface area contributed by atoms with E-state index in [0.29, 0.717) is 19.3 Å². The Bertz CT molecular complexity index is 1350. The molecule has 0 radical (unpaired) electrons. The zero-order valence-electron chi connectivity index (χ0n) is 33.7. The van der Waals surface area contributed by atoms with Crippen LogP contribution in [0.3, 0.4) is 0 Å². The van der Waals surface area contributed by atoms with Crippen LogP contribution in [-0.2, 0) is 39.9 Å². The van der Waals surface area contributed by atoms with E-state index in [-0.39, 0.29) is 31.1 Å².